The molecule has 0 spiro atoms. The molecule has 3 rings (SSSR count). The Morgan fingerprint density at radius 3 is 2.65 bits per heavy atom. The quantitative estimate of drug-likeness (QED) is 0.724. The molecule has 0 radical (unpaired) electrons. The molecule has 0 saturated carbocycles. The summed E-state index contributed by atoms with van der Waals surface area (Å²) in [5.41, 5.74) is 0.545. The smallest absolute Gasteiger partial charge is 0.256 e. The van der Waals surface area contributed by atoms with Gasteiger partial charge in [0.15, 0.2) is 11.6 Å². The number of aromatic hydroxyl groups is 1. The first kappa shape index (κ1) is 17.9. The maximum Gasteiger partial charge on any atom is 0.256 e. The fourth-order valence-electron chi connectivity index (χ4n) is 2.47. The molecule has 1 heterocycles. The number of benzene rings is 2. The predicted molar refractivity (Wildman–Crippen MR) is 92.5 cm³/mol. The van der Waals surface area contributed by atoms with Crippen molar-refractivity contribution < 1.29 is 23.4 Å². The number of carbonyl (C=O) groups excluding carboxylic acids is 1. The van der Waals surface area contributed by atoms with E-state index in [1.165, 1.54) is 0 Å². The molecule has 134 valence electrons. The summed E-state index contributed by atoms with van der Waals surface area (Å²) in [6, 6.07) is 7.61. The molecule has 0 fully saturated rings. The van der Waals surface area contributed by atoms with E-state index in [4.69, 9.17) is 16.3 Å². The highest BCUT2D eigenvalue weighted by Crippen LogP contribution is 2.35. The third kappa shape index (κ3) is 3.25. The van der Waals surface area contributed by atoms with E-state index < -0.39 is 29.0 Å². The van der Waals surface area contributed by atoms with Gasteiger partial charge >= 0.3 is 0 Å². The summed E-state index contributed by atoms with van der Waals surface area (Å²) in [7, 11) is 1.16. The van der Waals surface area contributed by atoms with Crippen molar-refractivity contribution >= 4 is 28.4 Å². The summed E-state index contributed by atoms with van der Waals surface area (Å²) in [6.07, 6.45) is 1.08. The lowest BCUT2D eigenvalue weighted by Gasteiger charge is -2.11. The van der Waals surface area contributed by atoms with E-state index in [2.05, 4.69) is 10.3 Å². The van der Waals surface area contributed by atoms with Crippen LogP contribution in [0.5, 0.6) is 11.5 Å². The summed E-state index contributed by atoms with van der Waals surface area (Å²) in [4.78, 5) is 16.3. The number of pyridine rings is 1. The van der Waals surface area contributed by atoms with Crippen LogP contribution in [0.25, 0.3) is 10.9 Å². The number of amides is 1. The number of methoxy groups -OCH3 is 1. The molecule has 8 heteroatoms. The number of halogens is 3. The highest BCUT2D eigenvalue weighted by molar-refractivity contribution is 6.30. The topological polar surface area (TPSA) is 71.5 Å². The molecule has 5 nitrogen and oxygen atoms in total. The second-order valence-electron chi connectivity index (χ2n) is 5.43. The Morgan fingerprint density at radius 2 is 2.00 bits per heavy atom. The molecular weight excluding hydrogens is 366 g/mol. The normalized spacial score (nSPS) is 10.8. The molecule has 0 aliphatic heterocycles. The van der Waals surface area contributed by atoms with Crippen LogP contribution in [0, 0.1) is 11.6 Å². The van der Waals surface area contributed by atoms with Crippen LogP contribution in [0.1, 0.15) is 15.9 Å². The molecule has 1 amide bonds. The average molecular weight is 379 g/mol. The van der Waals surface area contributed by atoms with Gasteiger partial charge in [0, 0.05) is 23.2 Å². The Balaban J connectivity index is 1.92. The van der Waals surface area contributed by atoms with E-state index in [1.54, 1.807) is 24.3 Å². The molecule has 0 unspecified atom stereocenters. The summed E-state index contributed by atoms with van der Waals surface area (Å²) in [5.74, 6) is -4.00. The fourth-order valence-corrected chi connectivity index (χ4v) is 2.60. The van der Waals surface area contributed by atoms with E-state index in [1.807, 2.05) is 0 Å². The number of nitrogens with zero attached hydrogens (tertiary/aromatic N) is 1. The maximum atomic E-state index is 13.7. The zero-order valence-corrected chi connectivity index (χ0v) is 14.3. The molecule has 2 N–H and O–H groups in total. The standard InChI is InChI=1S/C18H13ClF2N2O3/c1-26-17-14(21)13(20)6-11-15(17)22-8-12(16(11)24)18(25)23-7-9-2-4-10(19)5-3-9/h2-6,8H,7H2,1H3,(H,22,24)(H,23,25). The van der Waals surface area contributed by atoms with Crippen molar-refractivity contribution in [2.45, 2.75) is 6.54 Å². The van der Waals surface area contributed by atoms with Gasteiger partial charge in [0.1, 0.15) is 16.8 Å². The van der Waals surface area contributed by atoms with Crippen LogP contribution in [0.2, 0.25) is 5.02 Å². The van der Waals surface area contributed by atoms with Gasteiger partial charge in [-0.2, -0.15) is 4.39 Å². The lowest BCUT2D eigenvalue weighted by atomic mass is 10.1. The largest absolute Gasteiger partial charge is 0.506 e. The summed E-state index contributed by atoms with van der Waals surface area (Å²) >= 11 is 5.80. The van der Waals surface area contributed by atoms with Crippen LogP contribution in [0.4, 0.5) is 8.78 Å². The molecule has 0 aliphatic rings. The first-order chi connectivity index (χ1) is 12.4. The van der Waals surface area contributed by atoms with Crippen molar-refractivity contribution in [1.82, 2.24) is 10.3 Å². The van der Waals surface area contributed by atoms with Gasteiger partial charge in [-0.05, 0) is 23.8 Å². The zero-order valence-electron chi connectivity index (χ0n) is 13.5. The number of carbonyl (C=O) groups is 1. The van der Waals surface area contributed by atoms with Crippen molar-refractivity contribution in [2.24, 2.45) is 0 Å². The highest BCUT2D eigenvalue weighted by Gasteiger charge is 2.21. The molecule has 0 atom stereocenters. The number of nitrogens with one attached hydrogen (secondary N) is 1. The van der Waals surface area contributed by atoms with E-state index in [0.717, 1.165) is 24.9 Å². The van der Waals surface area contributed by atoms with E-state index >= 15 is 0 Å². The molecule has 0 bridgehead atoms. The number of rotatable bonds is 4. The highest BCUT2D eigenvalue weighted by atomic mass is 35.5. The number of aromatic nitrogens is 1. The summed E-state index contributed by atoms with van der Waals surface area (Å²) in [5, 5.41) is 13.4. The first-order valence-electron chi connectivity index (χ1n) is 7.48. The third-order valence-corrected chi connectivity index (χ3v) is 4.05. The molecule has 1 aromatic heterocycles. The van der Waals surface area contributed by atoms with Crippen LogP contribution < -0.4 is 10.1 Å². The Bertz CT molecular complexity index is 994. The predicted octanol–water partition coefficient (Wildman–Crippen LogP) is 3.81. The average Bonchev–Trinajstić information content (AvgIpc) is 2.63. The summed E-state index contributed by atoms with van der Waals surface area (Å²) < 4.78 is 32.3. The minimum absolute atomic E-state index is 0.0850. The van der Waals surface area contributed by atoms with Gasteiger partial charge in [-0.25, -0.2) is 4.39 Å². The van der Waals surface area contributed by atoms with Crippen molar-refractivity contribution in [2.75, 3.05) is 7.11 Å². The van der Waals surface area contributed by atoms with Crippen molar-refractivity contribution in [3.05, 3.63) is 64.3 Å². The lowest BCUT2D eigenvalue weighted by Crippen LogP contribution is -2.23. The molecule has 26 heavy (non-hydrogen) atoms. The Morgan fingerprint density at radius 1 is 1.31 bits per heavy atom. The van der Waals surface area contributed by atoms with Crippen molar-refractivity contribution in [3.63, 3.8) is 0 Å². The molecule has 2 aromatic carbocycles. The molecule has 0 aliphatic carbocycles. The molecular formula is C18H13ClF2N2O3. The number of hydrogen-bond donors (Lipinski definition) is 2. The second kappa shape index (κ2) is 7.13. The number of hydrogen-bond acceptors (Lipinski definition) is 4. The van der Waals surface area contributed by atoms with Gasteiger partial charge in [0.25, 0.3) is 5.91 Å². The monoisotopic (exact) mass is 378 g/mol. The van der Waals surface area contributed by atoms with E-state index in [9.17, 15) is 18.7 Å². The fraction of sp³-hybridized carbons (Fsp3) is 0.111. The minimum atomic E-state index is -1.22. The minimum Gasteiger partial charge on any atom is -0.506 e. The second-order valence-corrected chi connectivity index (χ2v) is 5.87. The maximum absolute atomic E-state index is 13.7. The first-order valence-corrected chi connectivity index (χ1v) is 7.86. The third-order valence-electron chi connectivity index (χ3n) is 3.80. The van der Waals surface area contributed by atoms with Crippen molar-refractivity contribution in [3.8, 4) is 11.5 Å². The van der Waals surface area contributed by atoms with Crippen LogP contribution in [0.15, 0.2) is 36.5 Å². The molecule has 3 aromatic rings. The van der Waals surface area contributed by atoms with Gasteiger partial charge < -0.3 is 15.2 Å². The van der Waals surface area contributed by atoms with Crippen LogP contribution in [-0.2, 0) is 6.54 Å². The van der Waals surface area contributed by atoms with Gasteiger partial charge in [0.05, 0.1) is 7.11 Å². The van der Waals surface area contributed by atoms with E-state index in [-0.39, 0.29) is 23.0 Å². The van der Waals surface area contributed by atoms with Gasteiger partial charge in [-0.3, -0.25) is 9.78 Å². The van der Waals surface area contributed by atoms with Crippen LogP contribution in [-0.4, -0.2) is 23.1 Å². The lowest BCUT2D eigenvalue weighted by molar-refractivity contribution is 0.0948. The number of ether oxygens (including phenoxy) is 1. The van der Waals surface area contributed by atoms with Gasteiger partial charge in [-0.15, -0.1) is 0 Å². The number of fused-ring (bicyclic) bond motifs is 1. The Hall–Kier alpha value is -2.93. The van der Waals surface area contributed by atoms with E-state index in [0.29, 0.717) is 5.02 Å². The van der Waals surface area contributed by atoms with Gasteiger partial charge in [0.2, 0.25) is 5.82 Å². The Labute approximate surface area is 152 Å². The summed E-state index contributed by atoms with van der Waals surface area (Å²) in [6.45, 7) is 0.189. The van der Waals surface area contributed by atoms with Crippen LogP contribution >= 0.6 is 11.6 Å². The molecule has 0 saturated heterocycles. The van der Waals surface area contributed by atoms with Crippen LogP contribution in [0.3, 0.4) is 0 Å². The SMILES string of the molecule is COc1c(F)c(F)cc2c(O)c(C(=O)NCc3ccc(Cl)cc3)cnc12. The Kier molecular flexibility index (Phi) is 4.90. The van der Waals surface area contributed by atoms with Crippen molar-refractivity contribution in [1.29, 1.82) is 0 Å². The van der Waals surface area contributed by atoms with Gasteiger partial charge in [-0.1, -0.05) is 23.7 Å². The zero-order chi connectivity index (χ0) is 18.8.